The van der Waals surface area contributed by atoms with E-state index in [1.807, 2.05) is 49.4 Å². The number of aliphatic imine (C=N–C) groups is 1. The molecule has 0 spiro atoms. The third kappa shape index (κ3) is 5.08. The lowest BCUT2D eigenvalue weighted by Gasteiger charge is -2.11. The van der Waals surface area contributed by atoms with Gasteiger partial charge in [0.15, 0.2) is 11.5 Å². The third-order valence-corrected chi connectivity index (χ3v) is 4.40. The highest BCUT2D eigenvalue weighted by Crippen LogP contribution is 2.29. The Morgan fingerprint density at radius 3 is 2.63 bits per heavy atom. The zero-order chi connectivity index (χ0) is 19.2. The van der Waals surface area contributed by atoms with Gasteiger partial charge in [-0.25, -0.2) is 4.39 Å². The molecule has 0 heterocycles. The van der Waals surface area contributed by atoms with E-state index in [0.29, 0.717) is 16.5 Å². The average Bonchev–Trinajstić information content (AvgIpc) is 2.67. The molecule has 0 aliphatic carbocycles. The highest BCUT2D eigenvalue weighted by Gasteiger charge is 2.06. The van der Waals surface area contributed by atoms with E-state index in [2.05, 4.69) is 4.99 Å². The number of benzene rings is 3. The molecule has 0 atom stereocenters. The fourth-order valence-electron chi connectivity index (χ4n) is 2.48. The minimum atomic E-state index is -0.286. The van der Waals surface area contributed by atoms with Crippen LogP contribution in [0.2, 0.25) is 5.02 Å². The molecule has 5 heteroatoms. The summed E-state index contributed by atoms with van der Waals surface area (Å²) >= 11 is 6.13. The lowest BCUT2D eigenvalue weighted by atomic mass is 10.2. The molecular weight excluding hydrogens is 365 g/mol. The summed E-state index contributed by atoms with van der Waals surface area (Å²) < 4.78 is 24.4. The van der Waals surface area contributed by atoms with Crippen LogP contribution in [0.5, 0.6) is 11.5 Å². The molecule has 0 amide bonds. The molecule has 0 aliphatic rings. The summed E-state index contributed by atoms with van der Waals surface area (Å²) in [4.78, 5) is 4.44. The van der Waals surface area contributed by atoms with E-state index in [9.17, 15) is 4.39 Å². The van der Waals surface area contributed by atoms with Gasteiger partial charge in [-0.05, 0) is 66.1 Å². The quantitative estimate of drug-likeness (QED) is 0.479. The predicted molar refractivity (Wildman–Crippen MR) is 107 cm³/mol. The minimum Gasteiger partial charge on any atom is -0.493 e. The van der Waals surface area contributed by atoms with E-state index in [1.165, 1.54) is 12.1 Å². The highest BCUT2D eigenvalue weighted by atomic mass is 35.5. The number of rotatable bonds is 6. The summed E-state index contributed by atoms with van der Waals surface area (Å²) in [7, 11) is 1.57. The first kappa shape index (κ1) is 18.9. The van der Waals surface area contributed by atoms with E-state index >= 15 is 0 Å². The third-order valence-electron chi connectivity index (χ3n) is 3.99. The van der Waals surface area contributed by atoms with Crippen molar-refractivity contribution >= 4 is 23.5 Å². The molecule has 3 nitrogen and oxygen atoms in total. The van der Waals surface area contributed by atoms with Crippen molar-refractivity contribution in [1.29, 1.82) is 0 Å². The number of methoxy groups -OCH3 is 1. The summed E-state index contributed by atoms with van der Waals surface area (Å²) in [6.07, 6.45) is 1.74. The molecule has 0 unspecified atom stereocenters. The van der Waals surface area contributed by atoms with Crippen LogP contribution in [-0.4, -0.2) is 13.3 Å². The molecule has 27 heavy (non-hydrogen) atoms. The fourth-order valence-corrected chi connectivity index (χ4v) is 2.66. The van der Waals surface area contributed by atoms with Crippen molar-refractivity contribution in [1.82, 2.24) is 0 Å². The van der Waals surface area contributed by atoms with Gasteiger partial charge in [0.1, 0.15) is 12.4 Å². The van der Waals surface area contributed by atoms with Crippen molar-refractivity contribution in [2.24, 2.45) is 4.99 Å². The van der Waals surface area contributed by atoms with Crippen molar-refractivity contribution in [2.45, 2.75) is 13.5 Å². The van der Waals surface area contributed by atoms with Crippen molar-refractivity contribution in [3.63, 3.8) is 0 Å². The first-order chi connectivity index (χ1) is 13.0. The van der Waals surface area contributed by atoms with Gasteiger partial charge in [-0.2, -0.15) is 0 Å². The summed E-state index contributed by atoms with van der Waals surface area (Å²) in [6, 6.07) is 17.5. The number of halogens is 2. The van der Waals surface area contributed by atoms with Gasteiger partial charge in [-0.3, -0.25) is 4.99 Å². The van der Waals surface area contributed by atoms with Crippen LogP contribution in [0, 0.1) is 12.7 Å². The Hall–Kier alpha value is -2.85. The van der Waals surface area contributed by atoms with E-state index in [0.717, 1.165) is 22.4 Å². The number of hydrogen-bond acceptors (Lipinski definition) is 3. The van der Waals surface area contributed by atoms with Gasteiger partial charge in [0.2, 0.25) is 0 Å². The molecule has 3 rings (SSSR count). The van der Waals surface area contributed by atoms with Crippen LogP contribution >= 0.6 is 11.6 Å². The van der Waals surface area contributed by atoms with Gasteiger partial charge in [-0.15, -0.1) is 0 Å². The zero-order valence-electron chi connectivity index (χ0n) is 15.1. The molecule has 0 N–H and O–H groups in total. The summed E-state index contributed by atoms with van der Waals surface area (Å²) in [6.45, 7) is 2.20. The summed E-state index contributed by atoms with van der Waals surface area (Å²) in [5, 5.41) is 0.684. The van der Waals surface area contributed by atoms with E-state index in [1.54, 1.807) is 19.4 Å². The number of nitrogens with zero attached hydrogens (tertiary/aromatic N) is 1. The monoisotopic (exact) mass is 383 g/mol. The van der Waals surface area contributed by atoms with Crippen LogP contribution in [0.1, 0.15) is 16.7 Å². The Balaban J connectivity index is 1.73. The Morgan fingerprint density at radius 1 is 1.04 bits per heavy atom. The molecule has 3 aromatic rings. The number of hydrogen-bond donors (Lipinski definition) is 0. The van der Waals surface area contributed by atoms with Crippen molar-refractivity contribution in [2.75, 3.05) is 7.11 Å². The molecule has 138 valence electrons. The molecule has 3 aromatic carbocycles. The molecule has 0 aliphatic heterocycles. The first-order valence-corrected chi connectivity index (χ1v) is 8.78. The lowest BCUT2D eigenvalue weighted by Crippen LogP contribution is -1.98. The van der Waals surface area contributed by atoms with Gasteiger partial charge in [-0.1, -0.05) is 29.8 Å². The van der Waals surface area contributed by atoms with E-state index < -0.39 is 0 Å². The number of aryl methyl sites for hydroxylation is 1. The second kappa shape index (κ2) is 8.69. The Kier molecular flexibility index (Phi) is 6.09. The maximum absolute atomic E-state index is 13.3. The van der Waals surface area contributed by atoms with Crippen LogP contribution in [0.4, 0.5) is 10.1 Å². The molecular formula is C22H19ClFNO2. The van der Waals surface area contributed by atoms with Gasteiger partial charge in [0, 0.05) is 11.2 Å². The SMILES string of the molecule is COc1cc(C=Nc2ccc(C)c(Cl)c2)ccc1OCc1cccc(F)c1. The van der Waals surface area contributed by atoms with Gasteiger partial charge < -0.3 is 9.47 Å². The Morgan fingerprint density at radius 2 is 1.89 bits per heavy atom. The Labute approximate surface area is 163 Å². The predicted octanol–water partition coefficient (Wildman–Crippen LogP) is 6.13. The minimum absolute atomic E-state index is 0.253. The van der Waals surface area contributed by atoms with E-state index in [-0.39, 0.29) is 12.4 Å². The van der Waals surface area contributed by atoms with Crippen LogP contribution in [-0.2, 0) is 6.61 Å². The second-order valence-corrected chi connectivity index (χ2v) is 6.43. The maximum Gasteiger partial charge on any atom is 0.161 e. The molecule has 0 saturated heterocycles. The Bertz CT molecular complexity index is 972. The molecule has 0 fully saturated rings. The van der Waals surface area contributed by atoms with Gasteiger partial charge in [0.05, 0.1) is 12.8 Å². The molecule has 0 bridgehead atoms. The highest BCUT2D eigenvalue weighted by molar-refractivity contribution is 6.31. The average molecular weight is 384 g/mol. The zero-order valence-corrected chi connectivity index (χ0v) is 15.8. The second-order valence-electron chi connectivity index (χ2n) is 6.02. The first-order valence-electron chi connectivity index (χ1n) is 8.40. The molecule has 0 radical (unpaired) electrons. The van der Waals surface area contributed by atoms with Crippen LogP contribution < -0.4 is 9.47 Å². The normalized spacial score (nSPS) is 11.0. The van der Waals surface area contributed by atoms with Crippen molar-refractivity contribution in [3.8, 4) is 11.5 Å². The van der Waals surface area contributed by atoms with Crippen LogP contribution in [0.25, 0.3) is 0 Å². The van der Waals surface area contributed by atoms with Crippen LogP contribution in [0.3, 0.4) is 0 Å². The fraction of sp³-hybridized carbons (Fsp3) is 0.136. The molecule has 0 saturated carbocycles. The van der Waals surface area contributed by atoms with Crippen molar-refractivity contribution in [3.05, 3.63) is 88.2 Å². The summed E-state index contributed by atoms with van der Waals surface area (Å²) in [5.74, 6) is 0.875. The van der Waals surface area contributed by atoms with Crippen molar-refractivity contribution < 1.29 is 13.9 Å². The molecule has 0 aromatic heterocycles. The largest absolute Gasteiger partial charge is 0.493 e. The number of ether oxygens (including phenoxy) is 2. The van der Waals surface area contributed by atoms with E-state index in [4.69, 9.17) is 21.1 Å². The van der Waals surface area contributed by atoms with Gasteiger partial charge in [0.25, 0.3) is 0 Å². The maximum atomic E-state index is 13.3. The van der Waals surface area contributed by atoms with Crippen LogP contribution in [0.15, 0.2) is 65.7 Å². The van der Waals surface area contributed by atoms with Gasteiger partial charge >= 0.3 is 0 Å². The lowest BCUT2D eigenvalue weighted by molar-refractivity contribution is 0.284. The standard InChI is InChI=1S/C22H19ClFNO2/c1-15-6-8-19(12-20(15)23)25-13-16-7-9-21(22(11-16)26-2)27-14-17-4-3-5-18(24)10-17/h3-13H,14H2,1-2H3. The smallest absolute Gasteiger partial charge is 0.161 e. The topological polar surface area (TPSA) is 30.8 Å². The summed E-state index contributed by atoms with van der Waals surface area (Å²) in [5.41, 5.74) is 3.40.